The first-order valence-corrected chi connectivity index (χ1v) is 6.27. The van der Waals surface area contributed by atoms with Gasteiger partial charge < -0.3 is 10.1 Å². The predicted molar refractivity (Wildman–Crippen MR) is 69.6 cm³/mol. The minimum atomic E-state index is 0.310. The molecule has 0 radical (unpaired) electrons. The third-order valence-electron chi connectivity index (χ3n) is 2.53. The van der Waals surface area contributed by atoms with E-state index in [1.165, 1.54) is 0 Å². The molecule has 6 nitrogen and oxygen atoms in total. The molecule has 0 spiro atoms. The Morgan fingerprint density at radius 3 is 3.11 bits per heavy atom. The van der Waals surface area contributed by atoms with Crippen LogP contribution in [-0.4, -0.2) is 38.8 Å². The van der Waals surface area contributed by atoms with Crippen LogP contribution >= 0.6 is 0 Å². The van der Waals surface area contributed by atoms with E-state index in [1.54, 1.807) is 12.5 Å². The number of nitrogens with one attached hydrogen (secondary N) is 1. The summed E-state index contributed by atoms with van der Waals surface area (Å²) in [6.45, 7) is 5.77. The van der Waals surface area contributed by atoms with E-state index in [-0.39, 0.29) is 0 Å². The molecule has 0 unspecified atom stereocenters. The van der Waals surface area contributed by atoms with Gasteiger partial charge in [0.2, 0.25) is 5.65 Å². The van der Waals surface area contributed by atoms with Crippen molar-refractivity contribution in [3.63, 3.8) is 0 Å². The van der Waals surface area contributed by atoms with Gasteiger partial charge in [-0.1, -0.05) is 0 Å². The van der Waals surface area contributed by atoms with E-state index in [4.69, 9.17) is 4.74 Å². The quantitative estimate of drug-likeness (QED) is 0.757. The van der Waals surface area contributed by atoms with Crippen LogP contribution in [0, 0.1) is 0 Å². The van der Waals surface area contributed by atoms with Crippen molar-refractivity contribution in [1.29, 1.82) is 0 Å². The molecular weight excluding hydrogens is 230 g/mol. The molecular formula is C12H19N5O. The summed E-state index contributed by atoms with van der Waals surface area (Å²) in [4.78, 5) is 4.26. The molecule has 0 aromatic carbocycles. The van der Waals surface area contributed by atoms with E-state index in [9.17, 15) is 0 Å². The molecule has 2 aromatic rings. The maximum Gasteiger partial charge on any atom is 0.203 e. The van der Waals surface area contributed by atoms with Gasteiger partial charge in [0.1, 0.15) is 6.33 Å². The number of nitrogens with zero attached hydrogens (tertiary/aromatic N) is 4. The fourth-order valence-corrected chi connectivity index (χ4v) is 1.64. The van der Waals surface area contributed by atoms with Crippen LogP contribution < -0.4 is 5.32 Å². The zero-order chi connectivity index (χ0) is 12.8. The highest BCUT2D eigenvalue weighted by molar-refractivity contribution is 5.61. The van der Waals surface area contributed by atoms with Crippen LogP contribution in [0.5, 0.6) is 0 Å². The molecule has 6 heteroatoms. The Morgan fingerprint density at radius 1 is 1.39 bits per heavy atom. The van der Waals surface area contributed by atoms with Crippen molar-refractivity contribution in [1.82, 2.24) is 19.6 Å². The number of rotatable bonds is 7. The second-order valence-corrected chi connectivity index (χ2v) is 4.39. The highest BCUT2D eigenvalue weighted by Gasteiger charge is 2.03. The molecule has 0 atom stereocenters. The number of fused-ring (bicyclic) bond motifs is 1. The molecule has 0 aliphatic carbocycles. The highest BCUT2D eigenvalue weighted by atomic mass is 16.5. The molecule has 0 amide bonds. The molecule has 18 heavy (non-hydrogen) atoms. The first kappa shape index (κ1) is 12.8. The Bertz CT molecular complexity index is 482. The maximum atomic E-state index is 5.48. The largest absolute Gasteiger partial charge is 0.379 e. The van der Waals surface area contributed by atoms with E-state index in [2.05, 4.69) is 20.5 Å². The lowest BCUT2D eigenvalue weighted by Gasteiger charge is -2.08. The summed E-state index contributed by atoms with van der Waals surface area (Å²) in [5, 5.41) is 11.1. The average molecular weight is 249 g/mol. The summed E-state index contributed by atoms with van der Waals surface area (Å²) in [5.74, 6) is 0.778. The Labute approximate surface area is 106 Å². The molecule has 0 bridgehead atoms. The van der Waals surface area contributed by atoms with E-state index < -0.39 is 0 Å². The van der Waals surface area contributed by atoms with Gasteiger partial charge in [0.15, 0.2) is 5.82 Å². The standard InChI is InChI=1S/C12H19N5O/c1-10(2)18-8-4-3-5-13-11-12-16-15-9-17(12)7-6-14-11/h6-7,9-10H,3-5,8H2,1-2H3,(H,13,14). The number of hydrogen-bond acceptors (Lipinski definition) is 5. The zero-order valence-corrected chi connectivity index (χ0v) is 10.8. The number of ether oxygens (including phenoxy) is 1. The number of unbranched alkanes of at least 4 members (excludes halogenated alkanes) is 1. The lowest BCUT2D eigenvalue weighted by Crippen LogP contribution is -2.08. The Morgan fingerprint density at radius 2 is 2.28 bits per heavy atom. The lowest BCUT2D eigenvalue weighted by molar-refractivity contribution is 0.0765. The predicted octanol–water partition coefficient (Wildman–Crippen LogP) is 1.74. The Balaban J connectivity index is 1.75. The molecule has 98 valence electrons. The minimum absolute atomic E-state index is 0.310. The summed E-state index contributed by atoms with van der Waals surface area (Å²) in [6, 6.07) is 0. The molecule has 0 saturated heterocycles. The molecule has 0 aliphatic rings. The van der Waals surface area contributed by atoms with E-state index >= 15 is 0 Å². The lowest BCUT2D eigenvalue weighted by atomic mass is 10.3. The minimum Gasteiger partial charge on any atom is -0.379 e. The summed E-state index contributed by atoms with van der Waals surface area (Å²) in [6.07, 6.45) is 7.63. The monoisotopic (exact) mass is 249 g/mol. The van der Waals surface area contributed by atoms with Crippen molar-refractivity contribution in [2.75, 3.05) is 18.5 Å². The molecule has 2 heterocycles. The molecule has 0 aliphatic heterocycles. The molecule has 2 rings (SSSR count). The number of hydrogen-bond donors (Lipinski definition) is 1. The fraction of sp³-hybridized carbons (Fsp3) is 0.583. The molecule has 0 fully saturated rings. The van der Waals surface area contributed by atoms with Crippen LogP contribution in [0.3, 0.4) is 0 Å². The van der Waals surface area contributed by atoms with E-state index in [1.807, 2.05) is 24.4 Å². The zero-order valence-electron chi connectivity index (χ0n) is 10.8. The summed E-state index contributed by atoms with van der Waals surface area (Å²) >= 11 is 0. The Hall–Kier alpha value is -1.69. The second-order valence-electron chi connectivity index (χ2n) is 4.39. The molecule has 1 N–H and O–H groups in total. The van der Waals surface area contributed by atoms with Crippen LogP contribution in [0.2, 0.25) is 0 Å². The molecule has 2 aromatic heterocycles. The third-order valence-corrected chi connectivity index (χ3v) is 2.53. The first-order chi connectivity index (χ1) is 8.77. The second kappa shape index (κ2) is 6.30. The number of anilines is 1. The van der Waals surface area contributed by atoms with Gasteiger partial charge in [0.05, 0.1) is 6.10 Å². The van der Waals surface area contributed by atoms with Gasteiger partial charge >= 0.3 is 0 Å². The van der Waals surface area contributed by atoms with Crippen LogP contribution in [0.1, 0.15) is 26.7 Å². The highest BCUT2D eigenvalue weighted by Crippen LogP contribution is 2.09. The van der Waals surface area contributed by atoms with Crippen LogP contribution in [0.4, 0.5) is 5.82 Å². The van der Waals surface area contributed by atoms with Crippen molar-refractivity contribution < 1.29 is 4.74 Å². The van der Waals surface area contributed by atoms with Gasteiger partial charge in [-0.15, -0.1) is 10.2 Å². The van der Waals surface area contributed by atoms with Crippen molar-refractivity contribution in [3.05, 3.63) is 18.7 Å². The topological polar surface area (TPSA) is 64.3 Å². The van der Waals surface area contributed by atoms with Gasteiger partial charge in [-0.3, -0.25) is 4.40 Å². The Kier molecular flexibility index (Phi) is 4.46. The van der Waals surface area contributed by atoms with E-state index in [0.717, 1.165) is 37.5 Å². The van der Waals surface area contributed by atoms with Crippen molar-refractivity contribution in [2.24, 2.45) is 0 Å². The summed E-state index contributed by atoms with van der Waals surface area (Å²) in [7, 11) is 0. The van der Waals surface area contributed by atoms with Crippen LogP contribution in [0.25, 0.3) is 5.65 Å². The van der Waals surface area contributed by atoms with Gasteiger partial charge in [0, 0.05) is 25.5 Å². The van der Waals surface area contributed by atoms with Gasteiger partial charge in [0.25, 0.3) is 0 Å². The average Bonchev–Trinajstić information content (AvgIpc) is 2.82. The molecule has 0 saturated carbocycles. The normalized spacial score (nSPS) is 11.3. The van der Waals surface area contributed by atoms with Gasteiger partial charge in [-0.25, -0.2) is 4.98 Å². The SMILES string of the molecule is CC(C)OCCCCNc1nccn2cnnc12. The van der Waals surface area contributed by atoms with Gasteiger partial charge in [-0.05, 0) is 26.7 Å². The van der Waals surface area contributed by atoms with E-state index in [0.29, 0.717) is 6.10 Å². The maximum absolute atomic E-state index is 5.48. The van der Waals surface area contributed by atoms with Crippen molar-refractivity contribution in [2.45, 2.75) is 32.8 Å². The van der Waals surface area contributed by atoms with Gasteiger partial charge in [-0.2, -0.15) is 0 Å². The number of aromatic nitrogens is 4. The third kappa shape index (κ3) is 3.40. The van der Waals surface area contributed by atoms with Crippen LogP contribution in [0.15, 0.2) is 18.7 Å². The van der Waals surface area contributed by atoms with Crippen molar-refractivity contribution >= 4 is 11.5 Å². The summed E-state index contributed by atoms with van der Waals surface area (Å²) < 4.78 is 7.33. The summed E-state index contributed by atoms with van der Waals surface area (Å²) in [5.41, 5.74) is 0.760. The smallest absolute Gasteiger partial charge is 0.203 e. The van der Waals surface area contributed by atoms with Crippen LogP contribution in [-0.2, 0) is 4.74 Å². The fourth-order valence-electron chi connectivity index (χ4n) is 1.64. The first-order valence-electron chi connectivity index (χ1n) is 6.27. The van der Waals surface area contributed by atoms with Crippen molar-refractivity contribution in [3.8, 4) is 0 Å².